The lowest BCUT2D eigenvalue weighted by molar-refractivity contribution is -0.137. The van der Waals surface area contributed by atoms with E-state index in [1.807, 2.05) is 0 Å². The fourth-order valence-corrected chi connectivity index (χ4v) is 4.78. The number of pyridine rings is 1. The number of rotatable bonds is 6. The molecule has 10 heteroatoms. The minimum Gasteiger partial charge on any atom is -0.335 e. The normalized spacial score (nSPS) is 15.9. The van der Waals surface area contributed by atoms with Gasteiger partial charge >= 0.3 is 12.2 Å². The molecule has 190 valence electrons. The van der Waals surface area contributed by atoms with Gasteiger partial charge < -0.3 is 10.6 Å². The van der Waals surface area contributed by atoms with Gasteiger partial charge in [-0.15, -0.1) is 0 Å². The fraction of sp³-hybridized carbons (Fsp3) is 0.308. The van der Waals surface area contributed by atoms with Gasteiger partial charge in [0.2, 0.25) is 0 Å². The number of halogens is 6. The molecular weight excluding hydrogens is 517 g/mol. The predicted molar refractivity (Wildman–Crippen MR) is 131 cm³/mol. The van der Waals surface area contributed by atoms with Crippen LogP contribution in [0.1, 0.15) is 48.1 Å². The molecule has 3 aromatic rings. The number of amides is 2. The second-order valence-electron chi connectivity index (χ2n) is 8.88. The molecule has 4 rings (SSSR count). The monoisotopic (exact) mass is 539 g/mol. The lowest BCUT2D eigenvalue weighted by Gasteiger charge is -2.36. The number of urea groups is 1. The minimum absolute atomic E-state index is 0.0301. The van der Waals surface area contributed by atoms with Crippen LogP contribution in [0.15, 0.2) is 60.8 Å². The SMILES string of the molecule is O=C(NC1CCCC1)N[C@](Cc1ccc(Cl)cc1)(c1cc(F)cc(C(F)(F)F)c1)c1ccc(Cl)cn1. The molecule has 4 nitrogen and oxygen atoms in total. The number of carbonyl (C=O) groups is 1. The van der Waals surface area contributed by atoms with Gasteiger partial charge in [0.05, 0.1) is 16.3 Å². The zero-order chi connectivity index (χ0) is 25.9. The average molecular weight is 540 g/mol. The Morgan fingerprint density at radius 1 is 0.944 bits per heavy atom. The Balaban J connectivity index is 1.89. The van der Waals surface area contributed by atoms with Crippen LogP contribution in [0, 0.1) is 5.82 Å². The Labute approximate surface area is 216 Å². The van der Waals surface area contributed by atoms with Crippen LogP contribution in [0.25, 0.3) is 0 Å². The predicted octanol–water partition coefficient (Wildman–Crippen LogP) is 7.27. The smallest absolute Gasteiger partial charge is 0.335 e. The van der Waals surface area contributed by atoms with E-state index in [9.17, 15) is 22.4 Å². The maximum Gasteiger partial charge on any atom is 0.416 e. The minimum atomic E-state index is -4.80. The summed E-state index contributed by atoms with van der Waals surface area (Å²) in [4.78, 5) is 17.6. The molecule has 1 saturated carbocycles. The van der Waals surface area contributed by atoms with Crippen LogP contribution in [-0.2, 0) is 18.1 Å². The van der Waals surface area contributed by atoms with E-state index < -0.39 is 29.1 Å². The summed E-state index contributed by atoms with van der Waals surface area (Å²) >= 11 is 12.1. The second kappa shape index (κ2) is 10.6. The van der Waals surface area contributed by atoms with Crippen LogP contribution in [0.5, 0.6) is 0 Å². The Morgan fingerprint density at radius 2 is 1.58 bits per heavy atom. The molecule has 1 fully saturated rings. The molecule has 0 unspecified atom stereocenters. The summed E-state index contributed by atoms with van der Waals surface area (Å²) in [5, 5.41) is 6.51. The summed E-state index contributed by atoms with van der Waals surface area (Å²) in [5.74, 6) is -1.09. The van der Waals surface area contributed by atoms with Crippen molar-refractivity contribution in [2.75, 3.05) is 0 Å². The van der Waals surface area contributed by atoms with Gasteiger partial charge in [-0.05, 0) is 66.4 Å². The van der Waals surface area contributed by atoms with Gasteiger partial charge in [-0.2, -0.15) is 13.2 Å². The van der Waals surface area contributed by atoms with Crippen molar-refractivity contribution in [1.82, 2.24) is 15.6 Å². The Morgan fingerprint density at radius 3 is 2.19 bits per heavy atom. The van der Waals surface area contributed by atoms with E-state index in [0.717, 1.165) is 37.8 Å². The molecule has 1 aliphatic rings. The zero-order valence-electron chi connectivity index (χ0n) is 19.0. The highest BCUT2D eigenvalue weighted by molar-refractivity contribution is 6.30. The van der Waals surface area contributed by atoms with Gasteiger partial charge in [0, 0.05) is 23.7 Å². The van der Waals surface area contributed by atoms with Crippen molar-refractivity contribution >= 4 is 29.2 Å². The number of aromatic nitrogens is 1. The number of nitrogens with one attached hydrogen (secondary N) is 2. The van der Waals surface area contributed by atoms with Gasteiger partial charge in [0.1, 0.15) is 11.4 Å². The highest BCUT2D eigenvalue weighted by Crippen LogP contribution is 2.38. The van der Waals surface area contributed by atoms with Crippen molar-refractivity contribution in [3.8, 4) is 0 Å². The van der Waals surface area contributed by atoms with Crippen LogP contribution in [0.3, 0.4) is 0 Å². The van der Waals surface area contributed by atoms with Crippen molar-refractivity contribution in [2.45, 2.75) is 49.9 Å². The molecule has 1 aliphatic carbocycles. The van der Waals surface area contributed by atoms with Crippen LogP contribution in [0.4, 0.5) is 22.4 Å². The van der Waals surface area contributed by atoms with Crippen molar-refractivity contribution in [3.05, 3.63) is 99.0 Å². The number of nitrogens with zero attached hydrogens (tertiary/aromatic N) is 1. The summed E-state index contributed by atoms with van der Waals surface area (Å²) in [6.07, 6.45) is 0.0366. The van der Waals surface area contributed by atoms with Gasteiger partial charge in [-0.1, -0.05) is 48.2 Å². The lowest BCUT2D eigenvalue weighted by atomic mass is 9.79. The van der Waals surface area contributed by atoms with Gasteiger partial charge in [0.15, 0.2) is 0 Å². The number of carbonyl (C=O) groups excluding carboxylic acids is 1. The molecule has 0 radical (unpaired) electrons. The summed E-state index contributed by atoms with van der Waals surface area (Å²) in [6.45, 7) is 0. The third kappa shape index (κ3) is 6.10. The molecule has 1 heterocycles. The molecule has 0 spiro atoms. The number of hydrogen-bond acceptors (Lipinski definition) is 2. The number of alkyl halides is 3. The molecule has 1 atom stereocenters. The number of benzene rings is 2. The fourth-order valence-electron chi connectivity index (χ4n) is 4.54. The van der Waals surface area contributed by atoms with E-state index in [2.05, 4.69) is 15.6 Å². The van der Waals surface area contributed by atoms with Crippen molar-refractivity contribution in [1.29, 1.82) is 0 Å². The van der Waals surface area contributed by atoms with Crippen molar-refractivity contribution < 1.29 is 22.4 Å². The summed E-state index contributed by atoms with van der Waals surface area (Å²) in [5.41, 5.74) is -2.12. The summed E-state index contributed by atoms with van der Waals surface area (Å²) in [7, 11) is 0. The van der Waals surface area contributed by atoms with E-state index in [4.69, 9.17) is 23.2 Å². The number of hydrogen-bond donors (Lipinski definition) is 2. The summed E-state index contributed by atoms with van der Waals surface area (Å²) in [6, 6.07) is 11.2. The molecule has 2 aromatic carbocycles. The van der Waals surface area contributed by atoms with E-state index in [1.54, 1.807) is 24.3 Å². The molecular formula is C26H23Cl2F4N3O. The summed E-state index contributed by atoms with van der Waals surface area (Å²) < 4.78 is 55.7. The molecule has 2 N–H and O–H groups in total. The van der Waals surface area contributed by atoms with Crippen LogP contribution in [-0.4, -0.2) is 17.1 Å². The first-order chi connectivity index (χ1) is 17.0. The van der Waals surface area contributed by atoms with Gasteiger partial charge in [-0.3, -0.25) is 4.98 Å². The van der Waals surface area contributed by atoms with Crippen molar-refractivity contribution in [2.24, 2.45) is 0 Å². The third-order valence-electron chi connectivity index (χ3n) is 6.28. The van der Waals surface area contributed by atoms with Gasteiger partial charge in [-0.25, -0.2) is 9.18 Å². The highest BCUT2D eigenvalue weighted by Gasteiger charge is 2.41. The largest absolute Gasteiger partial charge is 0.416 e. The van der Waals surface area contributed by atoms with E-state index in [-0.39, 0.29) is 23.7 Å². The Kier molecular flexibility index (Phi) is 7.76. The average Bonchev–Trinajstić information content (AvgIpc) is 3.32. The molecule has 0 saturated heterocycles. The standard InChI is InChI=1S/C26H23Cl2F4N3O/c27-19-7-5-16(6-8-19)14-25(23-10-9-20(28)15-33-23,35-24(36)34-22-3-1-2-4-22)17-11-18(26(30,31)32)13-21(29)12-17/h5-13,15,22H,1-4,14H2,(H2,34,35,36)/t25-/m1/s1. The maximum absolute atomic E-state index is 14.6. The zero-order valence-corrected chi connectivity index (χ0v) is 20.5. The van der Waals surface area contributed by atoms with Crippen LogP contribution in [0.2, 0.25) is 10.0 Å². The lowest BCUT2D eigenvalue weighted by Crippen LogP contribution is -2.54. The first kappa shape index (κ1) is 26.2. The van der Waals surface area contributed by atoms with Crippen molar-refractivity contribution in [3.63, 3.8) is 0 Å². The molecule has 36 heavy (non-hydrogen) atoms. The maximum atomic E-state index is 14.6. The first-order valence-corrected chi connectivity index (χ1v) is 12.1. The van der Waals surface area contributed by atoms with Crippen LogP contribution < -0.4 is 10.6 Å². The van der Waals surface area contributed by atoms with Crippen LogP contribution >= 0.6 is 23.2 Å². The van der Waals surface area contributed by atoms with Gasteiger partial charge in [0.25, 0.3) is 0 Å². The molecule has 0 aliphatic heterocycles. The Hall–Kier alpha value is -2.84. The molecule has 2 amide bonds. The highest BCUT2D eigenvalue weighted by atomic mass is 35.5. The Bertz CT molecular complexity index is 1210. The third-order valence-corrected chi connectivity index (χ3v) is 6.76. The first-order valence-electron chi connectivity index (χ1n) is 11.4. The quantitative estimate of drug-likeness (QED) is 0.323. The second-order valence-corrected chi connectivity index (χ2v) is 9.75. The van der Waals surface area contributed by atoms with E-state index >= 15 is 0 Å². The van der Waals surface area contributed by atoms with E-state index in [1.165, 1.54) is 18.3 Å². The van der Waals surface area contributed by atoms with E-state index in [0.29, 0.717) is 21.7 Å². The molecule has 0 bridgehead atoms. The molecule has 1 aromatic heterocycles. The topological polar surface area (TPSA) is 54.0 Å².